The predicted molar refractivity (Wildman–Crippen MR) is 101 cm³/mol. The first-order valence-electron chi connectivity index (χ1n) is 8.62. The van der Waals surface area contributed by atoms with Crippen LogP contribution in [0.2, 0.25) is 0 Å². The largest absolute Gasteiger partial charge is 0.467 e. The molecule has 0 aromatic heterocycles. The normalized spacial score (nSPS) is 12.5. The van der Waals surface area contributed by atoms with Crippen molar-refractivity contribution in [2.75, 3.05) is 7.11 Å². The van der Waals surface area contributed by atoms with E-state index in [-0.39, 0.29) is 18.4 Å². The number of primary amides is 1. The van der Waals surface area contributed by atoms with Gasteiger partial charge in [-0.2, -0.15) is 0 Å². The Bertz CT molecular complexity index is 829. The van der Waals surface area contributed by atoms with Crippen LogP contribution in [-0.4, -0.2) is 31.1 Å². The number of nitrogens with two attached hydrogens (primary N) is 1. The zero-order chi connectivity index (χ0) is 20.5. The van der Waals surface area contributed by atoms with Gasteiger partial charge < -0.3 is 21.1 Å². The number of halogens is 1. The smallest absolute Gasteiger partial charge is 0.328 e. The maximum Gasteiger partial charge on any atom is 0.328 e. The molecule has 4 N–H and O–H groups in total. The Morgan fingerprint density at radius 2 is 1.68 bits per heavy atom. The van der Waals surface area contributed by atoms with E-state index in [0.29, 0.717) is 0 Å². The lowest BCUT2D eigenvalue weighted by Crippen LogP contribution is -2.45. The van der Waals surface area contributed by atoms with Crippen LogP contribution in [0.5, 0.6) is 0 Å². The molecule has 0 aliphatic carbocycles. The standard InChI is InChI=1S/C20H22FN3O4/c1-28-19(26)17(11-13-7-3-2-4-8-13)23-18(25)12-16(24-20(22)27)14-9-5-6-10-15(14)21/h2-10,16-17H,11-12H2,1H3,(H,23,25)(H3,22,24,27)/t16?,17-/m0/s1. The molecular weight excluding hydrogens is 365 g/mol. The summed E-state index contributed by atoms with van der Waals surface area (Å²) < 4.78 is 18.8. The second-order valence-electron chi connectivity index (χ2n) is 6.12. The number of carbonyl (C=O) groups is 3. The third kappa shape index (κ3) is 6.08. The van der Waals surface area contributed by atoms with Crippen molar-refractivity contribution in [2.24, 2.45) is 5.73 Å². The van der Waals surface area contributed by atoms with E-state index >= 15 is 0 Å². The van der Waals surface area contributed by atoms with Gasteiger partial charge in [-0.05, 0) is 11.6 Å². The number of hydrogen-bond donors (Lipinski definition) is 3. The molecule has 3 amide bonds. The van der Waals surface area contributed by atoms with Crippen LogP contribution in [0.25, 0.3) is 0 Å². The fourth-order valence-electron chi connectivity index (χ4n) is 2.79. The summed E-state index contributed by atoms with van der Waals surface area (Å²) in [5.41, 5.74) is 6.10. The third-order valence-electron chi connectivity index (χ3n) is 4.09. The highest BCUT2D eigenvalue weighted by Gasteiger charge is 2.25. The number of amides is 3. The highest BCUT2D eigenvalue weighted by Crippen LogP contribution is 2.20. The van der Waals surface area contributed by atoms with E-state index in [4.69, 9.17) is 10.5 Å². The van der Waals surface area contributed by atoms with Crippen molar-refractivity contribution in [3.8, 4) is 0 Å². The van der Waals surface area contributed by atoms with Crippen LogP contribution in [0.3, 0.4) is 0 Å². The van der Waals surface area contributed by atoms with Crippen LogP contribution in [-0.2, 0) is 20.7 Å². The van der Waals surface area contributed by atoms with Gasteiger partial charge in [-0.15, -0.1) is 0 Å². The summed E-state index contributed by atoms with van der Waals surface area (Å²) in [4.78, 5) is 35.8. The van der Waals surface area contributed by atoms with Crippen molar-refractivity contribution in [1.82, 2.24) is 10.6 Å². The monoisotopic (exact) mass is 387 g/mol. The maximum atomic E-state index is 14.1. The summed E-state index contributed by atoms with van der Waals surface area (Å²) in [6.07, 6.45) is -0.0704. The molecule has 0 saturated heterocycles. The van der Waals surface area contributed by atoms with Crippen molar-refractivity contribution in [3.63, 3.8) is 0 Å². The van der Waals surface area contributed by atoms with Crippen molar-refractivity contribution < 1.29 is 23.5 Å². The summed E-state index contributed by atoms with van der Waals surface area (Å²) in [5, 5.41) is 4.94. The summed E-state index contributed by atoms with van der Waals surface area (Å²) in [5.74, 6) is -1.75. The molecule has 1 unspecified atom stereocenters. The van der Waals surface area contributed by atoms with Gasteiger partial charge in [-0.3, -0.25) is 4.79 Å². The fraction of sp³-hybridized carbons (Fsp3) is 0.250. The molecule has 0 saturated carbocycles. The predicted octanol–water partition coefficient (Wildman–Crippen LogP) is 1.83. The molecule has 2 rings (SSSR count). The van der Waals surface area contributed by atoms with E-state index in [1.165, 1.54) is 25.3 Å². The average Bonchev–Trinajstić information content (AvgIpc) is 2.67. The van der Waals surface area contributed by atoms with E-state index in [9.17, 15) is 18.8 Å². The van der Waals surface area contributed by atoms with Crippen molar-refractivity contribution >= 4 is 17.9 Å². The van der Waals surface area contributed by atoms with Crippen LogP contribution < -0.4 is 16.4 Å². The van der Waals surface area contributed by atoms with Gasteiger partial charge in [-0.1, -0.05) is 48.5 Å². The summed E-state index contributed by atoms with van der Waals surface area (Å²) in [6.45, 7) is 0. The van der Waals surface area contributed by atoms with Gasteiger partial charge in [0.25, 0.3) is 0 Å². The molecule has 2 atom stereocenters. The van der Waals surface area contributed by atoms with Crippen molar-refractivity contribution in [1.29, 1.82) is 0 Å². The SMILES string of the molecule is COC(=O)[C@H](Cc1ccccc1)NC(=O)CC(NC(N)=O)c1ccccc1F. The molecule has 7 nitrogen and oxygen atoms in total. The first kappa shape index (κ1) is 20.9. The number of hydrogen-bond acceptors (Lipinski definition) is 4. The Hall–Kier alpha value is -3.42. The number of nitrogens with one attached hydrogen (secondary N) is 2. The van der Waals surface area contributed by atoms with Gasteiger partial charge >= 0.3 is 12.0 Å². The van der Waals surface area contributed by atoms with Gasteiger partial charge in [-0.25, -0.2) is 14.0 Å². The van der Waals surface area contributed by atoms with E-state index in [1.807, 2.05) is 30.3 Å². The first-order chi connectivity index (χ1) is 13.4. The quantitative estimate of drug-likeness (QED) is 0.600. The lowest BCUT2D eigenvalue weighted by molar-refractivity contribution is -0.145. The minimum absolute atomic E-state index is 0.120. The van der Waals surface area contributed by atoms with Crippen LogP contribution in [0.1, 0.15) is 23.6 Å². The van der Waals surface area contributed by atoms with Gasteiger partial charge in [0.05, 0.1) is 19.6 Å². The Morgan fingerprint density at radius 3 is 2.29 bits per heavy atom. The van der Waals surface area contributed by atoms with Gasteiger partial charge in [0.1, 0.15) is 11.9 Å². The first-order valence-corrected chi connectivity index (χ1v) is 8.62. The van der Waals surface area contributed by atoms with E-state index in [1.54, 1.807) is 6.07 Å². The molecule has 0 aliphatic rings. The molecule has 0 spiro atoms. The van der Waals surface area contributed by atoms with E-state index in [0.717, 1.165) is 5.56 Å². The molecule has 2 aromatic rings. The van der Waals surface area contributed by atoms with Gasteiger partial charge in [0.2, 0.25) is 5.91 Å². The number of urea groups is 1. The summed E-state index contributed by atoms with van der Waals surface area (Å²) in [7, 11) is 1.23. The zero-order valence-electron chi connectivity index (χ0n) is 15.4. The highest BCUT2D eigenvalue weighted by atomic mass is 19.1. The Morgan fingerprint density at radius 1 is 1.04 bits per heavy atom. The number of methoxy groups -OCH3 is 1. The van der Waals surface area contributed by atoms with Crippen molar-refractivity contribution in [3.05, 3.63) is 71.5 Å². The van der Waals surface area contributed by atoms with Gasteiger partial charge in [0, 0.05) is 12.0 Å². The number of carbonyl (C=O) groups excluding carboxylic acids is 3. The van der Waals surface area contributed by atoms with Gasteiger partial charge in [0.15, 0.2) is 0 Å². The molecule has 28 heavy (non-hydrogen) atoms. The molecule has 0 bridgehead atoms. The molecule has 0 aliphatic heterocycles. The van der Waals surface area contributed by atoms with E-state index in [2.05, 4.69) is 10.6 Å². The minimum Gasteiger partial charge on any atom is -0.467 e. The summed E-state index contributed by atoms with van der Waals surface area (Å²) in [6, 6.07) is 12.1. The Balaban J connectivity index is 2.13. The molecule has 8 heteroatoms. The second kappa shape index (κ2) is 10.1. The number of esters is 1. The Kier molecular flexibility index (Phi) is 7.50. The van der Waals surface area contributed by atoms with Crippen LogP contribution in [0.4, 0.5) is 9.18 Å². The van der Waals surface area contributed by atoms with Crippen molar-refractivity contribution in [2.45, 2.75) is 24.9 Å². The number of ether oxygens (including phenoxy) is 1. The molecular formula is C20H22FN3O4. The maximum absolute atomic E-state index is 14.1. The number of benzene rings is 2. The fourth-order valence-corrected chi connectivity index (χ4v) is 2.79. The lowest BCUT2D eigenvalue weighted by Gasteiger charge is -2.21. The summed E-state index contributed by atoms with van der Waals surface area (Å²) >= 11 is 0. The minimum atomic E-state index is -0.978. The molecule has 148 valence electrons. The third-order valence-corrected chi connectivity index (χ3v) is 4.09. The highest BCUT2D eigenvalue weighted by molar-refractivity contribution is 5.85. The topological polar surface area (TPSA) is 111 Å². The van der Waals surface area contributed by atoms with Crippen LogP contribution in [0, 0.1) is 5.82 Å². The van der Waals surface area contributed by atoms with Crippen LogP contribution >= 0.6 is 0 Å². The second-order valence-corrected chi connectivity index (χ2v) is 6.12. The molecule has 0 heterocycles. The number of rotatable bonds is 8. The molecule has 2 aromatic carbocycles. The average molecular weight is 387 g/mol. The van der Waals surface area contributed by atoms with E-state index < -0.39 is 35.8 Å². The Labute approximate surface area is 162 Å². The zero-order valence-corrected chi connectivity index (χ0v) is 15.4. The van der Waals surface area contributed by atoms with Crippen LogP contribution in [0.15, 0.2) is 54.6 Å². The molecule has 0 radical (unpaired) electrons. The lowest BCUT2D eigenvalue weighted by atomic mass is 10.0. The molecule has 0 fully saturated rings.